The molecule has 0 spiro atoms. The summed E-state index contributed by atoms with van der Waals surface area (Å²) in [7, 11) is 4.33. The molecule has 1 amide bonds. The monoisotopic (exact) mass is 973 g/mol. The number of nitrogens with two attached hydrogens (primary N) is 1. The van der Waals surface area contributed by atoms with Crippen LogP contribution in [0, 0.1) is 0 Å². The van der Waals surface area contributed by atoms with Crippen molar-refractivity contribution >= 4 is 56.7 Å². The number of aromatic amines is 2. The minimum atomic E-state index is -0.826. The number of nitrogens with zero attached hydrogens (tertiary/aromatic N) is 6. The second-order valence-electron chi connectivity index (χ2n) is 18.1. The first-order chi connectivity index (χ1) is 34.6. The van der Waals surface area contributed by atoms with Crippen molar-refractivity contribution in [3.8, 4) is 11.5 Å². The number of hydrogen-bond donors (Lipinski definition) is 5. The molecule has 0 unspecified atom stereocenters. The highest BCUT2D eigenvalue weighted by Gasteiger charge is 2.19. The van der Waals surface area contributed by atoms with Crippen LogP contribution in [0.5, 0.6) is 11.5 Å². The van der Waals surface area contributed by atoms with Gasteiger partial charge < -0.3 is 45.2 Å². The van der Waals surface area contributed by atoms with Gasteiger partial charge in [0.25, 0.3) is 0 Å². The highest BCUT2D eigenvalue weighted by molar-refractivity contribution is 5.98. The minimum Gasteiger partial charge on any atom is -0.489 e. The minimum absolute atomic E-state index is 0. The average Bonchev–Trinajstić information content (AvgIpc) is 3.84. The first-order valence-electron chi connectivity index (χ1n) is 24.2. The lowest BCUT2D eigenvalue weighted by molar-refractivity contribution is -0.136. The SMILES string of the molecule is C.CN1CCCN(c2n[nH]c3ccc(N)cc23)CC1.CN1CCCN(c2n[nH]c3ccc(NC(=O)Cc4ccc(OCc5ccccc5)cc4)cc23)CC1.O=C(O)Cc1ccc(OCc2ccccc2)cc1. The van der Waals surface area contributed by atoms with Crippen LogP contribution >= 0.6 is 0 Å². The molecule has 72 heavy (non-hydrogen) atoms. The van der Waals surface area contributed by atoms with E-state index in [-0.39, 0.29) is 19.8 Å². The second-order valence-corrected chi connectivity index (χ2v) is 18.1. The molecule has 0 radical (unpaired) electrons. The zero-order chi connectivity index (χ0) is 49.4. The van der Waals surface area contributed by atoms with Crippen LogP contribution in [0.2, 0.25) is 0 Å². The molecule has 6 aromatic carbocycles. The van der Waals surface area contributed by atoms with E-state index in [4.69, 9.17) is 20.3 Å². The average molecular weight is 973 g/mol. The standard InChI is InChI=1S/C28H31N5O2.C15H14O3.C13H19N5.CH4/c1-32-14-5-15-33(17-16-32)28-25-19-23(10-13-26(25)30-31-28)29-27(34)18-21-8-11-24(12-9-21)35-20-22-6-3-2-4-7-22;16-15(17)10-12-6-8-14(9-7-12)18-11-13-4-2-1-3-5-13;1-17-5-2-6-18(8-7-17)13-11-9-10(14)3-4-12(11)15-16-13;/h2-4,6-13,19H,5,14-18,20H2,1H3,(H,29,34)(H,30,31);1-9H,10-11H2,(H,16,17);3-4,9H,2,5-8,14H2,1H3,(H,15,16);1H4. The molecule has 2 aliphatic rings. The normalized spacial score (nSPS) is 14.1. The van der Waals surface area contributed by atoms with E-state index in [1.54, 1.807) is 24.3 Å². The number of carboxylic acid groups (broad SMARTS) is 1. The number of H-pyrrole nitrogens is 2. The van der Waals surface area contributed by atoms with E-state index in [9.17, 15) is 9.59 Å². The number of carbonyl (C=O) groups excluding carboxylic acids is 1. The highest BCUT2D eigenvalue weighted by atomic mass is 16.5. The zero-order valence-electron chi connectivity index (χ0n) is 40.6. The number of hydrogen-bond acceptors (Lipinski definition) is 11. The van der Waals surface area contributed by atoms with Crippen molar-refractivity contribution in [2.45, 2.75) is 46.3 Å². The number of aromatic nitrogens is 4. The fourth-order valence-corrected chi connectivity index (χ4v) is 8.55. The van der Waals surface area contributed by atoms with Crippen LogP contribution in [-0.2, 0) is 35.6 Å². The summed E-state index contributed by atoms with van der Waals surface area (Å²) in [5.74, 6) is 2.64. The summed E-state index contributed by atoms with van der Waals surface area (Å²) in [6, 6.07) is 46.6. The molecule has 2 aromatic heterocycles. The summed E-state index contributed by atoms with van der Waals surface area (Å²) in [5, 5.41) is 29.1. The third-order valence-corrected chi connectivity index (χ3v) is 12.5. The Balaban J connectivity index is 0.000000173. The van der Waals surface area contributed by atoms with Crippen molar-refractivity contribution < 1.29 is 24.2 Å². The molecule has 0 saturated carbocycles. The van der Waals surface area contributed by atoms with Crippen molar-refractivity contribution in [3.05, 3.63) is 168 Å². The number of ether oxygens (including phenoxy) is 2. The van der Waals surface area contributed by atoms with Crippen LogP contribution in [-0.4, -0.2) is 114 Å². The predicted molar refractivity (Wildman–Crippen MR) is 290 cm³/mol. The fourth-order valence-electron chi connectivity index (χ4n) is 8.55. The number of amides is 1. The number of likely N-dealkylation sites (N-methyl/N-ethyl adjacent to an activating group) is 2. The number of aliphatic carboxylic acids is 1. The van der Waals surface area contributed by atoms with Gasteiger partial charge in [0.15, 0.2) is 11.6 Å². The molecule has 376 valence electrons. The number of anilines is 4. The third kappa shape index (κ3) is 15.1. The van der Waals surface area contributed by atoms with Gasteiger partial charge in [-0.25, -0.2) is 0 Å². The van der Waals surface area contributed by atoms with E-state index >= 15 is 0 Å². The summed E-state index contributed by atoms with van der Waals surface area (Å²) < 4.78 is 11.4. The molecule has 0 bridgehead atoms. The molecule has 0 aliphatic carbocycles. The quantitative estimate of drug-likeness (QED) is 0.0693. The molecule has 15 heteroatoms. The molecule has 0 atom stereocenters. The Morgan fingerprint density at radius 2 is 1.04 bits per heavy atom. The van der Waals surface area contributed by atoms with Gasteiger partial charge in [-0.3, -0.25) is 19.8 Å². The van der Waals surface area contributed by atoms with Crippen LogP contribution in [0.1, 0.15) is 42.5 Å². The molecular formula is C57H68N10O5. The maximum absolute atomic E-state index is 12.7. The number of benzene rings is 6. The first-order valence-corrected chi connectivity index (χ1v) is 24.2. The first kappa shape index (κ1) is 52.0. The van der Waals surface area contributed by atoms with Crippen molar-refractivity contribution in [1.82, 2.24) is 30.2 Å². The third-order valence-electron chi connectivity index (χ3n) is 12.5. The molecule has 4 heterocycles. The van der Waals surface area contributed by atoms with Crippen LogP contribution in [0.4, 0.5) is 23.0 Å². The Kier molecular flexibility index (Phi) is 18.6. The van der Waals surface area contributed by atoms with Gasteiger partial charge in [-0.05, 0) is 123 Å². The molecule has 10 rings (SSSR count). The van der Waals surface area contributed by atoms with Crippen molar-refractivity contribution in [1.29, 1.82) is 0 Å². The summed E-state index contributed by atoms with van der Waals surface area (Å²) in [5.41, 5.74) is 13.4. The largest absolute Gasteiger partial charge is 0.489 e. The van der Waals surface area contributed by atoms with Gasteiger partial charge in [0.05, 0.1) is 23.9 Å². The van der Waals surface area contributed by atoms with E-state index in [0.29, 0.717) is 19.6 Å². The zero-order valence-corrected chi connectivity index (χ0v) is 40.6. The predicted octanol–water partition coefficient (Wildman–Crippen LogP) is 9.28. The van der Waals surface area contributed by atoms with Gasteiger partial charge in [0, 0.05) is 61.4 Å². The Hall–Kier alpha value is -7.88. The number of carboxylic acids is 1. The van der Waals surface area contributed by atoms with Gasteiger partial charge in [-0.2, -0.15) is 10.2 Å². The molecule has 2 fully saturated rings. The Morgan fingerprint density at radius 3 is 1.54 bits per heavy atom. The Morgan fingerprint density at radius 1 is 0.569 bits per heavy atom. The van der Waals surface area contributed by atoms with Crippen LogP contribution in [0.15, 0.2) is 146 Å². The molecule has 2 aliphatic heterocycles. The number of nitrogen functional groups attached to an aromatic ring is 1. The summed E-state index contributed by atoms with van der Waals surface area (Å²) in [6.07, 6.45) is 2.62. The second kappa shape index (κ2) is 25.8. The summed E-state index contributed by atoms with van der Waals surface area (Å²) in [6.45, 7) is 9.37. The highest BCUT2D eigenvalue weighted by Crippen LogP contribution is 2.29. The fraction of sp³-hybridized carbons (Fsp3) is 0.298. The van der Waals surface area contributed by atoms with Crippen molar-refractivity contribution in [2.75, 3.05) is 87.3 Å². The van der Waals surface area contributed by atoms with Crippen LogP contribution in [0.25, 0.3) is 21.8 Å². The lowest BCUT2D eigenvalue weighted by Crippen LogP contribution is -2.29. The number of nitrogens with one attached hydrogen (secondary N) is 3. The lowest BCUT2D eigenvalue weighted by Gasteiger charge is -2.20. The van der Waals surface area contributed by atoms with Gasteiger partial charge >= 0.3 is 5.97 Å². The summed E-state index contributed by atoms with van der Waals surface area (Å²) in [4.78, 5) is 32.7. The molecule has 2 saturated heterocycles. The molecule has 15 nitrogen and oxygen atoms in total. The van der Waals surface area contributed by atoms with E-state index in [0.717, 1.165) is 137 Å². The van der Waals surface area contributed by atoms with Crippen molar-refractivity contribution in [2.24, 2.45) is 0 Å². The van der Waals surface area contributed by atoms with Gasteiger partial charge in [0.1, 0.15) is 24.7 Å². The summed E-state index contributed by atoms with van der Waals surface area (Å²) >= 11 is 0. The number of carbonyl (C=O) groups is 2. The van der Waals surface area contributed by atoms with E-state index < -0.39 is 5.97 Å². The van der Waals surface area contributed by atoms with Gasteiger partial charge in [-0.1, -0.05) is 92.4 Å². The Bertz CT molecular complexity index is 2930. The van der Waals surface area contributed by atoms with Gasteiger partial charge in [0.2, 0.25) is 5.91 Å². The maximum Gasteiger partial charge on any atom is 0.307 e. The number of fused-ring (bicyclic) bond motifs is 2. The molecule has 6 N–H and O–H groups in total. The van der Waals surface area contributed by atoms with E-state index in [2.05, 4.69) is 59.4 Å². The topological polar surface area (TPSA) is 181 Å². The molecular weight excluding hydrogens is 905 g/mol. The van der Waals surface area contributed by atoms with Crippen LogP contribution in [0.3, 0.4) is 0 Å². The Labute approximate surface area is 422 Å². The van der Waals surface area contributed by atoms with Crippen molar-refractivity contribution in [3.63, 3.8) is 0 Å². The van der Waals surface area contributed by atoms with E-state index in [1.165, 1.54) is 6.42 Å². The smallest absolute Gasteiger partial charge is 0.307 e. The number of rotatable bonds is 13. The lowest BCUT2D eigenvalue weighted by atomic mass is 10.1. The van der Waals surface area contributed by atoms with E-state index in [1.807, 2.05) is 121 Å². The van der Waals surface area contributed by atoms with Crippen LogP contribution < -0.4 is 30.3 Å². The molecule has 8 aromatic rings. The van der Waals surface area contributed by atoms with Gasteiger partial charge in [-0.15, -0.1) is 0 Å². The maximum atomic E-state index is 12.7.